The lowest BCUT2D eigenvalue weighted by Crippen LogP contribution is -2.22. The number of carbonyl (C=O) groups excluding carboxylic acids is 1. The highest BCUT2D eigenvalue weighted by Crippen LogP contribution is 2.20. The fraction of sp³-hybridized carbons (Fsp3) is 0.182. The number of hydrogen-bond acceptors (Lipinski definition) is 2. The van der Waals surface area contributed by atoms with Gasteiger partial charge in [0.25, 0.3) is 5.91 Å². The molecule has 1 aromatic carbocycles. The van der Waals surface area contributed by atoms with Crippen molar-refractivity contribution in [2.45, 2.75) is 6.92 Å². The second-order valence-corrected chi connectivity index (χ2v) is 3.37. The maximum absolute atomic E-state index is 11.6. The highest BCUT2D eigenvalue weighted by molar-refractivity contribution is 6.07. The molecule has 0 unspecified atom stereocenters. The zero-order valence-corrected chi connectivity index (χ0v) is 8.50. The molecule has 0 aliphatic heterocycles. The van der Waals surface area contributed by atoms with E-state index in [0.29, 0.717) is 17.8 Å². The zero-order chi connectivity index (χ0) is 10.8. The summed E-state index contributed by atoms with van der Waals surface area (Å²) in [6.07, 6.45) is 1.70. The fourth-order valence-electron chi connectivity index (χ4n) is 1.59. The molecule has 0 bridgehead atoms. The van der Waals surface area contributed by atoms with E-state index >= 15 is 0 Å². The molecule has 15 heavy (non-hydrogen) atoms. The number of fused-ring (bicyclic) bond motifs is 1. The van der Waals surface area contributed by atoms with Crippen molar-refractivity contribution >= 4 is 22.5 Å². The van der Waals surface area contributed by atoms with E-state index in [4.69, 9.17) is 5.73 Å². The maximum Gasteiger partial charge on any atom is 0.253 e. The van der Waals surface area contributed by atoms with Crippen molar-refractivity contribution in [2.24, 2.45) is 0 Å². The normalized spacial score (nSPS) is 10.5. The van der Waals surface area contributed by atoms with E-state index in [1.807, 2.05) is 19.1 Å². The van der Waals surface area contributed by atoms with Crippen molar-refractivity contribution in [2.75, 3.05) is 12.3 Å². The van der Waals surface area contributed by atoms with Gasteiger partial charge in [-0.25, -0.2) is 0 Å². The van der Waals surface area contributed by atoms with Crippen LogP contribution in [-0.4, -0.2) is 17.4 Å². The standard InChI is InChI=1S/C11H13N3O/c1-2-13-11(15)9-6-14-10-5-7(12)3-4-8(9)10/h3-6,14H,2,12H2,1H3,(H,13,15). The first-order valence-corrected chi connectivity index (χ1v) is 4.87. The van der Waals surface area contributed by atoms with E-state index < -0.39 is 0 Å². The molecule has 1 aromatic heterocycles. The number of rotatable bonds is 2. The Balaban J connectivity index is 2.49. The average molecular weight is 203 g/mol. The van der Waals surface area contributed by atoms with Gasteiger partial charge in [0, 0.05) is 29.3 Å². The Hall–Kier alpha value is -1.97. The molecule has 0 aliphatic rings. The minimum Gasteiger partial charge on any atom is -0.399 e. The Bertz CT molecular complexity index is 502. The molecule has 4 nitrogen and oxygen atoms in total. The number of carbonyl (C=O) groups is 1. The van der Waals surface area contributed by atoms with Crippen LogP contribution in [0.4, 0.5) is 5.69 Å². The first-order valence-electron chi connectivity index (χ1n) is 4.87. The van der Waals surface area contributed by atoms with E-state index in [1.54, 1.807) is 12.3 Å². The summed E-state index contributed by atoms with van der Waals surface area (Å²) < 4.78 is 0. The summed E-state index contributed by atoms with van der Waals surface area (Å²) in [6, 6.07) is 5.46. The van der Waals surface area contributed by atoms with Gasteiger partial charge in [-0.15, -0.1) is 0 Å². The van der Waals surface area contributed by atoms with Crippen LogP contribution in [0, 0.1) is 0 Å². The third-order valence-electron chi connectivity index (χ3n) is 2.29. The quantitative estimate of drug-likeness (QED) is 0.647. The molecule has 0 radical (unpaired) electrons. The lowest BCUT2D eigenvalue weighted by atomic mass is 10.1. The minimum absolute atomic E-state index is 0.0616. The van der Waals surface area contributed by atoms with Gasteiger partial charge in [0.05, 0.1) is 5.56 Å². The van der Waals surface area contributed by atoms with Crippen LogP contribution >= 0.6 is 0 Å². The molecule has 4 heteroatoms. The van der Waals surface area contributed by atoms with E-state index in [9.17, 15) is 4.79 Å². The van der Waals surface area contributed by atoms with Crippen molar-refractivity contribution in [3.8, 4) is 0 Å². The molecule has 0 aliphatic carbocycles. The smallest absolute Gasteiger partial charge is 0.253 e. The minimum atomic E-state index is -0.0616. The van der Waals surface area contributed by atoms with Gasteiger partial charge in [0.1, 0.15) is 0 Å². The maximum atomic E-state index is 11.6. The zero-order valence-electron chi connectivity index (χ0n) is 8.50. The second-order valence-electron chi connectivity index (χ2n) is 3.37. The molecule has 2 rings (SSSR count). The monoisotopic (exact) mass is 203 g/mol. The molecule has 78 valence electrons. The third-order valence-corrected chi connectivity index (χ3v) is 2.29. The molecule has 0 atom stereocenters. The van der Waals surface area contributed by atoms with Gasteiger partial charge >= 0.3 is 0 Å². The van der Waals surface area contributed by atoms with Gasteiger partial charge < -0.3 is 16.0 Å². The molecular weight excluding hydrogens is 190 g/mol. The number of aromatic amines is 1. The van der Waals surface area contributed by atoms with E-state index in [0.717, 1.165) is 10.9 Å². The van der Waals surface area contributed by atoms with E-state index in [2.05, 4.69) is 10.3 Å². The van der Waals surface area contributed by atoms with Crippen LogP contribution in [-0.2, 0) is 0 Å². The highest BCUT2D eigenvalue weighted by Gasteiger charge is 2.10. The summed E-state index contributed by atoms with van der Waals surface area (Å²) in [7, 11) is 0. The van der Waals surface area contributed by atoms with Crippen molar-refractivity contribution in [1.29, 1.82) is 0 Å². The Morgan fingerprint density at radius 1 is 1.53 bits per heavy atom. The van der Waals surface area contributed by atoms with E-state index in [-0.39, 0.29) is 5.91 Å². The Kier molecular flexibility index (Phi) is 2.33. The third kappa shape index (κ3) is 1.66. The van der Waals surface area contributed by atoms with Crippen molar-refractivity contribution in [3.05, 3.63) is 30.0 Å². The molecule has 1 heterocycles. The number of amides is 1. The number of aromatic nitrogens is 1. The van der Waals surface area contributed by atoms with Crippen molar-refractivity contribution in [1.82, 2.24) is 10.3 Å². The summed E-state index contributed by atoms with van der Waals surface area (Å²) in [4.78, 5) is 14.7. The Labute approximate surface area is 87.5 Å². The highest BCUT2D eigenvalue weighted by atomic mass is 16.1. The number of hydrogen-bond donors (Lipinski definition) is 3. The second kappa shape index (κ2) is 3.65. The molecule has 0 saturated heterocycles. The number of nitrogens with one attached hydrogen (secondary N) is 2. The summed E-state index contributed by atoms with van der Waals surface area (Å²) in [6.45, 7) is 2.52. The topological polar surface area (TPSA) is 70.9 Å². The van der Waals surface area contributed by atoms with Gasteiger partial charge in [0.15, 0.2) is 0 Å². The summed E-state index contributed by atoms with van der Waals surface area (Å²) >= 11 is 0. The summed E-state index contributed by atoms with van der Waals surface area (Å²) in [5.41, 5.74) is 7.88. The number of benzene rings is 1. The van der Waals surface area contributed by atoms with Crippen LogP contribution in [0.25, 0.3) is 10.9 Å². The fourth-order valence-corrected chi connectivity index (χ4v) is 1.59. The van der Waals surface area contributed by atoms with Gasteiger partial charge in [0.2, 0.25) is 0 Å². The van der Waals surface area contributed by atoms with Gasteiger partial charge in [-0.2, -0.15) is 0 Å². The van der Waals surface area contributed by atoms with Crippen LogP contribution in [0.3, 0.4) is 0 Å². The molecule has 4 N–H and O–H groups in total. The first kappa shape index (κ1) is 9.58. The van der Waals surface area contributed by atoms with Crippen LogP contribution in [0.5, 0.6) is 0 Å². The van der Waals surface area contributed by atoms with Crippen LogP contribution in [0.1, 0.15) is 17.3 Å². The molecule has 0 fully saturated rings. The molecule has 1 amide bonds. The molecular formula is C11H13N3O. The number of H-pyrrole nitrogens is 1. The Morgan fingerprint density at radius 3 is 3.07 bits per heavy atom. The van der Waals surface area contributed by atoms with Gasteiger partial charge in [-0.3, -0.25) is 4.79 Å². The predicted molar refractivity (Wildman–Crippen MR) is 60.7 cm³/mol. The molecule has 0 saturated carbocycles. The number of nitrogens with two attached hydrogens (primary N) is 1. The Morgan fingerprint density at radius 2 is 2.33 bits per heavy atom. The lowest BCUT2D eigenvalue weighted by molar-refractivity contribution is 0.0957. The number of nitrogen functional groups attached to an aromatic ring is 1. The first-order chi connectivity index (χ1) is 7.22. The van der Waals surface area contributed by atoms with Gasteiger partial charge in [-0.1, -0.05) is 0 Å². The van der Waals surface area contributed by atoms with Crippen LogP contribution in [0.15, 0.2) is 24.4 Å². The van der Waals surface area contributed by atoms with Gasteiger partial charge in [-0.05, 0) is 25.1 Å². The average Bonchev–Trinajstić information content (AvgIpc) is 2.60. The SMILES string of the molecule is CCNC(=O)c1c[nH]c2cc(N)ccc12. The van der Waals surface area contributed by atoms with Crippen LogP contribution < -0.4 is 11.1 Å². The lowest BCUT2D eigenvalue weighted by Gasteiger charge is -2.00. The number of anilines is 1. The molecule has 0 spiro atoms. The summed E-state index contributed by atoms with van der Waals surface area (Å²) in [5.74, 6) is -0.0616. The molecule has 2 aromatic rings. The van der Waals surface area contributed by atoms with Crippen molar-refractivity contribution in [3.63, 3.8) is 0 Å². The largest absolute Gasteiger partial charge is 0.399 e. The predicted octanol–water partition coefficient (Wildman–Crippen LogP) is 1.50. The van der Waals surface area contributed by atoms with E-state index in [1.165, 1.54) is 0 Å². The van der Waals surface area contributed by atoms with Crippen LogP contribution in [0.2, 0.25) is 0 Å². The summed E-state index contributed by atoms with van der Waals surface area (Å²) in [5, 5.41) is 3.66. The van der Waals surface area contributed by atoms with Crippen molar-refractivity contribution < 1.29 is 4.79 Å².